The van der Waals surface area contributed by atoms with Crippen molar-refractivity contribution in [2.45, 2.75) is 5.38 Å². The Morgan fingerprint density at radius 2 is 1.75 bits per heavy atom. The number of halogens is 3. The van der Waals surface area contributed by atoms with Crippen molar-refractivity contribution >= 4 is 34.8 Å². The smallest absolute Gasteiger partial charge is 0.148 e. The van der Waals surface area contributed by atoms with Crippen LogP contribution in [0.4, 0.5) is 0 Å². The first-order valence-corrected chi connectivity index (χ1v) is 4.33. The van der Waals surface area contributed by atoms with Gasteiger partial charge >= 0.3 is 0 Å². The van der Waals surface area contributed by atoms with Crippen molar-refractivity contribution in [2.24, 2.45) is 0 Å². The van der Waals surface area contributed by atoms with Gasteiger partial charge in [0.15, 0.2) is 0 Å². The molecule has 62 valence electrons. The molecular formula is C8H4Cl3N. The van der Waals surface area contributed by atoms with Gasteiger partial charge in [0.25, 0.3) is 0 Å². The van der Waals surface area contributed by atoms with Crippen LogP contribution in [0.2, 0.25) is 10.0 Å². The highest BCUT2D eigenvalue weighted by molar-refractivity contribution is 6.38. The summed E-state index contributed by atoms with van der Waals surface area (Å²) in [5.41, 5.74) is 0.477. The third kappa shape index (κ3) is 1.84. The molecule has 1 atom stereocenters. The number of alkyl halides is 1. The van der Waals surface area contributed by atoms with Gasteiger partial charge in [-0.05, 0) is 12.1 Å². The average molecular weight is 220 g/mol. The van der Waals surface area contributed by atoms with Gasteiger partial charge in [-0.3, -0.25) is 0 Å². The number of hydrogen-bond acceptors (Lipinski definition) is 1. The Labute approximate surface area is 85.5 Å². The van der Waals surface area contributed by atoms with Gasteiger partial charge in [-0.1, -0.05) is 29.3 Å². The van der Waals surface area contributed by atoms with Gasteiger partial charge in [0, 0.05) is 15.6 Å². The zero-order valence-electron chi connectivity index (χ0n) is 5.89. The lowest BCUT2D eigenvalue weighted by molar-refractivity contribution is 1.21. The van der Waals surface area contributed by atoms with E-state index in [0.717, 1.165) is 0 Å². The third-order valence-corrected chi connectivity index (χ3v) is 2.34. The molecule has 0 saturated carbocycles. The topological polar surface area (TPSA) is 23.8 Å². The Bertz CT molecular complexity index is 309. The SMILES string of the molecule is N#CC(Cl)c1c(Cl)cccc1Cl. The van der Waals surface area contributed by atoms with E-state index in [4.69, 9.17) is 40.1 Å². The molecule has 0 radical (unpaired) electrons. The highest BCUT2D eigenvalue weighted by Gasteiger charge is 2.13. The summed E-state index contributed by atoms with van der Waals surface area (Å²) in [4.78, 5) is 0. The monoisotopic (exact) mass is 219 g/mol. The van der Waals surface area contributed by atoms with E-state index in [2.05, 4.69) is 0 Å². The average Bonchev–Trinajstić information content (AvgIpc) is 2.03. The minimum absolute atomic E-state index is 0.420. The number of benzene rings is 1. The molecule has 0 fully saturated rings. The van der Waals surface area contributed by atoms with Crippen LogP contribution in [0.1, 0.15) is 10.9 Å². The number of nitriles is 1. The fourth-order valence-electron chi connectivity index (χ4n) is 0.817. The van der Waals surface area contributed by atoms with E-state index in [1.807, 2.05) is 6.07 Å². The molecule has 0 aliphatic rings. The summed E-state index contributed by atoms with van der Waals surface area (Å²) in [6.45, 7) is 0. The second-order valence-corrected chi connectivity index (χ2v) is 3.38. The lowest BCUT2D eigenvalue weighted by atomic mass is 10.1. The molecule has 0 spiro atoms. The van der Waals surface area contributed by atoms with Crippen molar-refractivity contribution in [1.82, 2.24) is 0 Å². The van der Waals surface area contributed by atoms with Crippen LogP contribution in [0.15, 0.2) is 18.2 Å². The Kier molecular flexibility index (Phi) is 3.22. The predicted molar refractivity (Wildman–Crippen MR) is 50.7 cm³/mol. The molecule has 1 unspecified atom stereocenters. The molecule has 0 amide bonds. The molecule has 0 N–H and O–H groups in total. The lowest BCUT2D eigenvalue weighted by Crippen LogP contribution is -1.88. The van der Waals surface area contributed by atoms with Crippen molar-refractivity contribution in [3.63, 3.8) is 0 Å². The third-order valence-electron chi connectivity index (χ3n) is 1.37. The fourth-order valence-corrected chi connectivity index (χ4v) is 1.78. The lowest BCUT2D eigenvalue weighted by Gasteiger charge is -2.05. The molecule has 1 rings (SSSR count). The second-order valence-electron chi connectivity index (χ2n) is 2.13. The maximum Gasteiger partial charge on any atom is 0.148 e. The van der Waals surface area contributed by atoms with Crippen LogP contribution in [-0.4, -0.2) is 0 Å². The standard InChI is InChI=1S/C8H4Cl3N/c9-5-2-1-3-6(10)8(5)7(11)4-12/h1-3,7H. The first kappa shape index (κ1) is 9.67. The van der Waals surface area contributed by atoms with Gasteiger partial charge in [-0.15, -0.1) is 11.6 Å². The van der Waals surface area contributed by atoms with Crippen molar-refractivity contribution in [3.05, 3.63) is 33.8 Å². The Morgan fingerprint density at radius 3 is 2.17 bits per heavy atom. The van der Waals surface area contributed by atoms with E-state index < -0.39 is 5.38 Å². The van der Waals surface area contributed by atoms with E-state index in [1.54, 1.807) is 18.2 Å². The molecule has 0 bridgehead atoms. The maximum absolute atomic E-state index is 8.54. The highest BCUT2D eigenvalue weighted by Crippen LogP contribution is 2.33. The Morgan fingerprint density at radius 1 is 1.25 bits per heavy atom. The molecule has 4 heteroatoms. The van der Waals surface area contributed by atoms with Crippen LogP contribution < -0.4 is 0 Å². The van der Waals surface area contributed by atoms with Crippen LogP contribution in [-0.2, 0) is 0 Å². The van der Waals surface area contributed by atoms with Gasteiger partial charge in [-0.2, -0.15) is 5.26 Å². The van der Waals surface area contributed by atoms with Crippen molar-refractivity contribution in [3.8, 4) is 6.07 Å². The molecule has 0 aromatic heterocycles. The Balaban J connectivity index is 3.23. The van der Waals surface area contributed by atoms with Crippen LogP contribution in [0, 0.1) is 11.3 Å². The summed E-state index contributed by atoms with van der Waals surface area (Å²) in [6, 6.07) is 6.86. The predicted octanol–water partition coefficient (Wildman–Crippen LogP) is 3.80. The van der Waals surface area contributed by atoms with Crippen LogP contribution in [0.5, 0.6) is 0 Å². The van der Waals surface area contributed by atoms with E-state index >= 15 is 0 Å². The quantitative estimate of drug-likeness (QED) is 0.661. The summed E-state index contributed by atoms with van der Waals surface area (Å²) < 4.78 is 0. The fraction of sp³-hybridized carbons (Fsp3) is 0.125. The molecule has 1 aromatic rings. The summed E-state index contributed by atoms with van der Waals surface area (Å²) in [6.07, 6.45) is 0. The maximum atomic E-state index is 8.54. The zero-order valence-corrected chi connectivity index (χ0v) is 8.16. The van der Waals surface area contributed by atoms with E-state index in [0.29, 0.717) is 15.6 Å². The summed E-state index contributed by atoms with van der Waals surface area (Å²) in [5.74, 6) is 0. The van der Waals surface area contributed by atoms with Gasteiger partial charge in [-0.25, -0.2) is 0 Å². The first-order valence-electron chi connectivity index (χ1n) is 3.14. The molecule has 0 saturated heterocycles. The van der Waals surface area contributed by atoms with Gasteiger partial charge in [0.2, 0.25) is 0 Å². The number of rotatable bonds is 1. The molecular weight excluding hydrogens is 216 g/mol. The summed E-state index contributed by atoms with van der Waals surface area (Å²) in [5, 5.41) is 8.59. The molecule has 0 heterocycles. The van der Waals surface area contributed by atoms with Crippen LogP contribution in [0.25, 0.3) is 0 Å². The normalized spacial score (nSPS) is 12.2. The summed E-state index contributed by atoms with van der Waals surface area (Å²) >= 11 is 17.2. The van der Waals surface area contributed by atoms with E-state index in [1.165, 1.54) is 0 Å². The molecule has 0 aliphatic carbocycles. The van der Waals surface area contributed by atoms with Crippen molar-refractivity contribution in [1.29, 1.82) is 5.26 Å². The Hall–Kier alpha value is -0.420. The van der Waals surface area contributed by atoms with Gasteiger partial charge in [0.1, 0.15) is 5.38 Å². The zero-order chi connectivity index (χ0) is 9.14. The molecule has 1 nitrogen and oxygen atoms in total. The molecule has 1 aromatic carbocycles. The number of hydrogen-bond donors (Lipinski definition) is 0. The van der Waals surface area contributed by atoms with Gasteiger partial charge < -0.3 is 0 Å². The largest absolute Gasteiger partial charge is 0.196 e. The van der Waals surface area contributed by atoms with E-state index in [9.17, 15) is 0 Å². The van der Waals surface area contributed by atoms with Crippen LogP contribution in [0.3, 0.4) is 0 Å². The first-order chi connectivity index (χ1) is 5.66. The van der Waals surface area contributed by atoms with Crippen molar-refractivity contribution in [2.75, 3.05) is 0 Å². The minimum Gasteiger partial charge on any atom is -0.196 e. The molecule has 0 aliphatic heterocycles. The second kappa shape index (κ2) is 4.00. The minimum atomic E-state index is -0.786. The van der Waals surface area contributed by atoms with Crippen LogP contribution >= 0.6 is 34.8 Å². The van der Waals surface area contributed by atoms with Gasteiger partial charge in [0.05, 0.1) is 6.07 Å². The van der Waals surface area contributed by atoms with Crippen molar-refractivity contribution < 1.29 is 0 Å². The summed E-state index contributed by atoms with van der Waals surface area (Å²) in [7, 11) is 0. The number of nitrogens with zero attached hydrogens (tertiary/aromatic N) is 1. The van der Waals surface area contributed by atoms with E-state index in [-0.39, 0.29) is 0 Å². The highest BCUT2D eigenvalue weighted by atomic mass is 35.5. The molecule has 12 heavy (non-hydrogen) atoms.